The summed E-state index contributed by atoms with van der Waals surface area (Å²) in [7, 11) is 0. The van der Waals surface area contributed by atoms with Crippen LogP contribution >= 0.6 is 11.3 Å². The molecule has 1 spiro atoms. The van der Waals surface area contributed by atoms with Crippen LogP contribution in [0.15, 0.2) is 23.0 Å². The lowest BCUT2D eigenvalue weighted by Crippen LogP contribution is -2.48. The molecule has 8 heteroatoms. The van der Waals surface area contributed by atoms with Gasteiger partial charge in [-0.3, -0.25) is 19.4 Å². The Morgan fingerprint density at radius 1 is 1.29 bits per heavy atom. The van der Waals surface area contributed by atoms with Gasteiger partial charge in [-0.05, 0) is 78.1 Å². The number of amides is 2. The summed E-state index contributed by atoms with van der Waals surface area (Å²) in [5, 5.41) is 7.00. The zero-order valence-electron chi connectivity index (χ0n) is 19.6. The van der Waals surface area contributed by atoms with Crippen molar-refractivity contribution in [3.05, 3.63) is 51.0 Å². The molecule has 0 bridgehead atoms. The predicted molar refractivity (Wildman–Crippen MR) is 128 cm³/mol. The highest BCUT2D eigenvalue weighted by Gasteiger charge is 2.54. The fourth-order valence-electron chi connectivity index (χ4n) is 5.80. The molecule has 0 unspecified atom stereocenters. The minimum absolute atomic E-state index is 0.00769. The number of thiophene rings is 1. The normalized spacial score (nSPS) is 21.3. The first-order valence-corrected chi connectivity index (χ1v) is 13.1. The van der Waals surface area contributed by atoms with Crippen LogP contribution in [0.2, 0.25) is 0 Å². The second kappa shape index (κ2) is 9.49. The van der Waals surface area contributed by atoms with Crippen molar-refractivity contribution in [2.45, 2.75) is 77.0 Å². The minimum Gasteiger partial charge on any atom is -0.458 e. The van der Waals surface area contributed by atoms with Gasteiger partial charge in [0.2, 0.25) is 11.8 Å². The van der Waals surface area contributed by atoms with Crippen LogP contribution in [0.3, 0.4) is 0 Å². The molecule has 4 heterocycles. The SMILES string of the molecule is Cc1ncc2c(c1CNC(=O)Cc1ccsc1)CCN(C(=O)[C@@H]1CC(=O)OC13CCCCC3)C2. The molecular formula is C26H31N3O4S. The third kappa shape index (κ3) is 4.48. The average Bonchev–Trinajstić information content (AvgIpc) is 3.45. The molecule has 0 radical (unpaired) electrons. The molecule has 1 N–H and O–H groups in total. The van der Waals surface area contributed by atoms with Crippen LogP contribution in [0, 0.1) is 12.8 Å². The monoisotopic (exact) mass is 481 g/mol. The number of rotatable bonds is 5. The van der Waals surface area contributed by atoms with E-state index in [0.29, 0.717) is 32.5 Å². The number of aromatic nitrogens is 1. The zero-order chi connectivity index (χ0) is 23.7. The van der Waals surface area contributed by atoms with Crippen LogP contribution in [0.25, 0.3) is 0 Å². The number of carbonyl (C=O) groups is 3. The summed E-state index contributed by atoms with van der Waals surface area (Å²) in [6, 6.07) is 1.97. The number of nitrogens with one attached hydrogen (secondary N) is 1. The second-order valence-electron chi connectivity index (χ2n) is 9.78. The fraction of sp³-hybridized carbons (Fsp3) is 0.538. The molecule has 34 heavy (non-hydrogen) atoms. The van der Waals surface area contributed by atoms with E-state index >= 15 is 0 Å². The van der Waals surface area contributed by atoms with Gasteiger partial charge in [0, 0.05) is 31.5 Å². The van der Waals surface area contributed by atoms with E-state index < -0.39 is 5.60 Å². The van der Waals surface area contributed by atoms with E-state index in [0.717, 1.165) is 54.5 Å². The standard InChI is InChI=1S/C26H31N3O4S/c1-17-21(14-28-23(30)11-18-6-10-34-16-18)20-5-9-29(15-19(20)13-27-17)25(32)22-12-24(31)33-26(22)7-3-2-4-8-26/h6,10,13,16,22H,2-5,7-9,11-12,14-15H2,1H3,(H,28,30)/t22-/m0/s1. The Balaban J connectivity index is 1.28. The van der Waals surface area contributed by atoms with Gasteiger partial charge in [-0.2, -0.15) is 11.3 Å². The summed E-state index contributed by atoms with van der Waals surface area (Å²) < 4.78 is 5.77. The Labute approximate surface area is 203 Å². The van der Waals surface area contributed by atoms with Gasteiger partial charge < -0.3 is 15.0 Å². The van der Waals surface area contributed by atoms with Crippen LogP contribution < -0.4 is 5.32 Å². The molecule has 2 aromatic heterocycles. The van der Waals surface area contributed by atoms with Crippen LogP contribution in [0.5, 0.6) is 0 Å². The predicted octanol–water partition coefficient (Wildman–Crippen LogP) is 3.46. The molecule has 2 fully saturated rings. The van der Waals surface area contributed by atoms with Crippen molar-refractivity contribution < 1.29 is 19.1 Å². The van der Waals surface area contributed by atoms with Crippen molar-refractivity contribution in [2.24, 2.45) is 5.92 Å². The third-order valence-corrected chi connectivity index (χ3v) is 8.37. The number of esters is 1. The van der Waals surface area contributed by atoms with Crippen molar-refractivity contribution in [1.29, 1.82) is 0 Å². The number of aryl methyl sites for hydroxylation is 1. The highest BCUT2D eigenvalue weighted by Crippen LogP contribution is 2.45. The number of ether oxygens (including phenoxy) is 1. The van der Waals surface area contributed by atoms with Gasteiger partial charge in [0.15, 0.2) is 0 Å². The van der Waals surface area contributed by atoms with Crippen molar-refractivity contribution in [3.63, 3.8) is 0 Å². The van der Waals surface area contributed by atoms with Gasteiger partial charge in [-0.1, -0.05) is 6.42 Å². The third-order valence-electron chi connectivity index (χ3n) is 7.64. The van der Waals surface area contributed by atoms with Gasteiger partial charge >= 0.3 is 5.97 Å². The summed E-state index contributed by atoms with van der Waals surface area (Å²) in [5.41, 5.74) is 4.58. The maximum Gasteiger partial charge on any atom is 0.307 e. The molecular weight excluding hydrogens is 450 g/mol. The first-order valence-electron chi connectivity index (χ1n) is 12.2. The lowest BCUT2D eigenvalue weighted by molar-refractivity contribution is -0.156. The number of nitrogens with zero attached hydrogens (tertiary/aromatic N) is 2. The van der Waals surface area contributed by atoms with Gasteiger partial charge in [0.05, 0.1) is 18.8 Å². The Hall–Kier alpha value is -2.74. The topological polar surface area (TPSA) is 88.6 Å². The zero-order valence-corrected chi connectivity index (χ0v) is 20.4. The van der Waals surface area contributed by atoms with Crippen LogP contribution in [0.4, 0.5) is 0 Å². The first-order chi connectivity index (χ1) is 16.4. The molecule has 0 aromatic carbocycles. The summed E-state index contributed by atoms with van der Waals surface area (Å²) in [5.74, 6) is -0.595. The molecule has 1 aliphatic carbocycles. The van der Waals surface area contributed by atoms with Crippen molar-refractivity contribution in [1.82, 2.24) is 15.2 Å². The fourth-order valence-corrected chi connectivity index (χ4v) is 6.47. The molecule has 1 saturated carbocycles. The van der Waals surface area contributed by atoms with E-state index in [1.807, 2.05) is 34.8 Å². The molecule has 1 atom stereocenters. The van der Waals surface area contributed by atoms with E-state index in [-0.39, 0.29) is 30.1 Å². The second-order valence-corrected chi connectivity index (χ2v) is 10.6. The number of hydrogen-bond donors (Lipinski definition) is 1. The van der Waals surface area contributed by atoms with Gasteiger partial charge in [0.1, 0.15) is 5.60 Å². The quantitative estimate of drug-likeness (QED) is 0.661. The average molecular weight is 482 g/mol. The molecule has 2 aromatic rings. The Kier molecular flexibility index (Phi) is 6.42. The number of pyridine rings is 1. The summed E-state index contributed by atoms with van der Waals surface area (Å²) in [6.07, 6.45) is 7.85. The Morgan fingerprint density at radius 2 is 2.12 bits per heavy atom. The van der Waals surface area contributed by atoms with E-state index in [2.05, 4.69) is 10.3 Å². The smallest absolute Gasteiger partial charge is 0.307 e. The Morgan fingerprint density at radius 3 is 2.88 bits per heavy atom. The summed E-state index contributed by atoms with van der Waals surface area (Å²) in [6.45, 7) is 3.49. The number of hydrogen-bond acceptors (Lipinski definition) is 6. The maximum absolute atomic E-state index is 13.6. The molecule has 5 rings (SSSR count). The van der Waals surface area contributed by atoms with E-state index in [4.69, 9.17) is 4.74 Å². The highest BCUT2D eigenvalue weighted by molar-refractivity contribution is 7.08. The first kappa shape index (κ1) is 23.0. The van der Waals surface area contributed by atoms with E-state index in [1.54, 1.807) is 11.3 Å². The van der Waals surface area contributed by atoms with Crippen LogP contribution in [-0.2, 0) is 45.1 Å². The van der Waals surface area contributed by atoms with Crippen molar-refractivity contribution in [3.8, 4) is 0 Å². The maximum atomic E-state index is 13.6. The van der Waals surface area contributed by atoms with Crippen LogP contribution in [-0.4, -0.2) is 39.8 Å². The van der Waals surface area contributed by atoms with Crippen LogP contribution in [0.1, 0.15) is 66.5 Å². The molecule has 2 amide bonds. The summed E-state index contributed by atoms with van der Waals surface area (Å²) >= 11 is 1.59. The lowest BCUT2D eigenvalue weighted by atomic mass is 9.75. The molecule has 3 aliphatic rings. The van der Waals surface area contributed by atoms with Gasteiger partial charge in [-0.15, -0.1) is 0 Å². The minimum atomic E-state index is -0.601. The number of fused-ring (bicyclic) bond motifs is 1. The Bertz CT molecular complexity index is 1090. The molecule has 2 aliphatic heterocycles. The number of carbonyl (C=O) groups excluding carboxylic acids is 3. The molecule has 180 valence electrons. The van der Waals surface area contributed by atoms with Gasteiger partial charge in [0.25, 0.3) is 0 Å². The van der Waals surface area contributed by atoms with E-state index in [1.165, 1.54) is 5.56 Å². The van der Waals surface area contributed by atoms with Gasteiger partial charge in [-0.25, -0.2) is 0 Å². The summed E-state index contributed by atoms with van der Waals surface area (Å²) in [4.78, 5) is 44.6. The van der Waals surface area contributed by atoms with Crippen molar-refractivity contribution >= 4 is 29.1 Å². The van der Waals surface area contributed by atoms with Crippen molar-refractivity contribution in [2.75, 3.05) is 6.54 Å². The van der Waals surface area contributed by atoms with E-state index in [9.17, 15) is 14.4 Å². The highest BCUT2D eigenvalue weighted by atomic mass is 32.1. The molecule has 1 saturated heterocycles. The lowest BCUT2D eigenvalue weighted by Gasteiger charge is -2.39. The largest absolute Gasteiger partial charge is 0.458 e. The molecule has 7 nitrogen and oxygen atoms in total.